The van der Waals surface area contributed by atoms with Gasteiger partial charge in [-0.2, -0.15) is 4.68 Å². The highest BCUT2D eigenvalue weighted by molar-refractivity contribution is 8.14. The van der Waals surface area contributed by atoms with Crippen molar-refractivity contribution < 1.29 is 4.79 Å². The minimum atomic E-state index is -0.369. The molecule has 0 saturated heterocycles. The number of thioether (sulfide) groups is 2. The molecule has 1 unspecified atom stereocenters. The van der Waals surface area contributed by atoms with Gasteiger partial charge in [0, 0.05) is 17.1 Å². The number of aromatic nitrogens is 4. The quantitative estimate of drug-likeness (QED) is 0.612. The Hall–Kier alpha value is -2.85. The zero-order chi connectivity index (χ0) is 20.7. The third-order valence-corrected chi connectivity index (χ3v) is 7.02. The predicted octanol–water partition coefficient (Wildman–Crippen LogP) is 3.37. The summed E-state index contributed by atoms with van der Waals surface area (Å²) >= 11 is 3.00. The number of nitrogens with zero attached hydrogens (tertiary/aromatic N) is 6. The molecule has 1 amide bonds. The molecule has 152 valence electrons. The van der Waals surface area contributed by atoms with Crippen LogP contribution in [0.1, 0.15) is 12.5 Å². The van der Waals surface area contributed by atoms with E-state index < -0.39 is 0 Å². The minimum Gasteiger partial charge on any atom is -0.325 e. The van der Waals surface area contributed by atoms with Gasteiger partial charge < -0.3 is 10.2 Å². The maximum absolute atomic E-state index is 12.8. The summed E-state index contributed by atoms with van der Waals surface area (Å²) in [5.41, 5.74) is 3.91. The zero-order valence-corrected chi connectivity index (χ0v) is 18.1. The number of fused-ring (bicyclic) bond motifs is 3. The fraction of sp³-hybridized carbons (Fsp3) is 0.250. The molecule has 0 fully saturated rings. The van der Waals surface area contributed by atoms with Crippen molar-refractivity contribution >= 4 is 46.0 Å². The lowest BCUT2D eigenvalue weighted by molar-refractivity contribution is -0.115. The van der Waals surface area contributed by atoms with E-state index in [0.717, 1.165) is 40.9 Å². The third kappa shape index (κ3) is 3.56. The Morgan fingerprint density at radius 1 is 1.23 bits per heavy atom. The van der Waals surface area contributed by atoms with Crippen LogP contribution in [-0.2, 0) is 4.79 Å². The number of carbonyl (C=O) groups excluding carboxylic acids is 1. The van der Waals surface area contributed by atoms with E-state index in [9.17, 15) is 4.79 Å². The van der Waals surface area contributed by atoms with E-state index in [2.05, 4.69) is 30.7 Å². The first-order chi connectivity index (χ1) is 14.6. The average Bonchev–Trinajstić information content (AvgIpc) is 3.45. The number of tetrazole rings is 1. The van der Waals surface area contributed by atoms with Crippen molar-refractivity contribution in [2.45, 2.75) is 29.1 Å². The maximum atomic E-state index is 12.8. The van der Waals surface area contributed by atoms with Crippen molar-refractivity contribution in [3.05, 3.63) is 48.0 Å². The summed E-state index contributed by atoms with van der Waals surface area (Å²) in [5.74, 6) is -0.0978. The first-order valence-electron chi connectivity index (χ1n) is 9.55. The molecule has 2 aromatic carbocycles. The summed E-state index contributed by atoms with van der Waals surface area (Å²) in [6.07, 6.45) is 0. The Balaban J connectivity index is 1.28. The largest absolute Gasteiger partial charge is 0.325 e. The molecule has 3 aromatic rings. The van der Waals surface area contributed by atoms with Crippen LogP contribution in [0.4, 0.5) is 11.4 Å². The van der Waals surface area contributed by atoms with E-state index in [0.29, 0.717) is 5.16 Å². The molecular weight excluding hydrogens is 418 g/mol. The van der Waals surface area contributed by atoms with Crippen molar-refractivity contribution in [2.24, 2.45) is 4.99 Å². The molecule has 0 bridgehead atoms. The molecule has 1 aromatic heterocycles. The van der Waals surface area contributed by atoms with Crippen LogP contribution in [0.2, 0.25) is 0 Å². The van der Waals surface area contributed by atoms with Gasteiger partial charge in [0.1, 0.15) is 0 Å². The second-order valence-electron chi connectivity index (χ2n) is 7.06. The fourth-order valence-electron chi connectivity index (χ4n) is 3.28. The van der Waals surface area contributed by atoms with Crippen LogP contribution in [-0.4, -0.2) is 49.6 Å². The fourth-order valence-corrected chi connectivity index (χ4v) is 5.15. The van der Waals surface area contributed by atoms with Crippen LogP contribution in [0.25, 0.3) is 5.69 Å². The summed E-state index contributed by atoms with van der Waals surface area (Å²) in [5, 5.41) is 16.2. The third-order valence-electron chi connectivity index (χ3n) is 4.89. The maximum Gasteiger partial charge on any atom is 0.237 e. The highest BCUT2D eigenvalue weighted by atomic mass is 32.2. The van der Waals surface area contributed by atoms with Crippen molar-refractivity contribution in [1.82, 2.24) is 20.2 Å². The predicted molar refractivity (Wildman–Crippen MR) is 120 cm³/mol. The summed E-state index contributed by atoms with van der Waals surface area (Å²) in [7, 11) is 0. The van der Waals surface area contributed by atoms with Crippen molar-refractivity contribution in [3.8, 4) is 5.69 Å². The highest BCUT2D eigenvalue weighted by Gasteiger charge is 2.30. The molecule has 0 radical (unpaired) electrons. The van der Waals surface area contributed by atoms with E-state index >= 15 is 0 Å². The molecule has 0 spiro atoms. The SMILES string of the molecule is Cc1ccc(-n2nnnc2SC(C)C(=O)Nc2ccc3c(c2)N2CCN=C2S3)cc1. The standard InChI is InChI=1S/C20H19N7OS2/c1-12-3-6-15(7-4-12)27-20(23-24-25-27)29-13(2)18(28)22-14-5-8-17-16(11-14)26-10-9-21-19(26)30-17/h3-8,11,13H,9-10H2,1-2H3,(H,22,28). The smallest absolute Gasteiger partial charge is 0.237 e. The molecule has 0 aliphatic carbocycles. The van der Waals surface area contributed by atoms with Crippen LogP contribution >= 0.6 is 23.5 Å². The lowest BCUT2D eigenvalue weighted by Crippen LogP contribution is -2.23. The first-order valence-corrected chi connectivity index (χ1v) is 11.2. The van der Waals surface area contributed by atoms with Crippen LogP contribution in [0.3, 0.4) is 0 Å². The average molecular weight is 438 g/mol. The van der Waals surface area contributed by atoms with Gasteiger partial charge in [0.2, 0.25) is 11.1 Å². The Morgan fingerprint density at radius 2 is 2.07 bits per heavy atom. The van der Waals surface area contributed by atoms with Gasteiger partial charge in [-0.25, -0.2) is 0 Å². The van der Waals surface area contributed by atoms with Gasteiger partial charge in [0.05, 0.1) is 23.2 Å². The van der Waals surface area contributed by atoms with Crippen LogP contribution < -0.4 is 10.2 Å². The Labute approximate surface area is 182 Å². The Bertz CT molecular complexity index is 1140. The van der Waals surface area contributed by atoms with E-state index in [-0.39, 0.29) is 11.2 Å². The Kier molecular flexibility index (Phi) is 4.95. The molecule has 2 aliphatic rings. The molecular formula is C20H19N7OS2. The topological polar surface area (TPSA) is 88.3 Å². The number of hydrogen-bond donors (Lipinski definition) is 1. The number of benzene rings is 2. The van der Waals surface area contributed by atoms with E-state index in [1.807, 2.05) is 56.3 Å². The van der Waals surface area contributed by atoms with Crippen LogP contribution in [0.15, 0.2) is 57.5 Å². The number of aryl methyl sites for hydroxylation is 1. The number of anilines is 2. The molecule has 3 heterocycles. The van der Waals surface area contributed by atoms with Crippen molar-refractivity contribution in [1.29, 1.82) is 0 Å². The molecule has 30 heavy (non-hydrogen) atoms. The number of nitrogens with one attached hydrogen (secondary N) is 1. The molecule has 1 N–H and O–H groups in total. The lowest BCUT2D eigenvalue weighted by Gasteiger charge is -2.15. The number of hydrogen-bond acceptors (Lipinski definition) is 8. The van der Waals surface area contributed by atoms with E-state index in [1.165, 1.54) is 16.7 Å². The van der Waals surface area contributed by atoms with Crippen molar-refractivity contribution in [3.63, 3.8) is 0 Å². The molecule has 0 saturated carbocycles. The summed E-state index contributed by atoms with van der Waals surface area (Å²) in [4.78, 5) is 20.7. The number of carbonyl (C=O) groups is 1. The van der Waals surface area contributed by atoms with Crippen LogP contribution in [0, 0.1) is 6.92 Å². The number of amidine groups is 1. The van der Waals surface area contributed by atoms with Gasteiger partial charge in [-0.15, -0.1) is 5.10 Å². The number of amides is 1. The lowest BCUT2D eigenvalue weighted by atomic mass is 10.2. The number of aliphatic imine (C=N–C) groups is 1. The highest BCUT2D eigenvalue weighted by Crippen LogP contribution is 2.43. The zero-order valence-electron chi connectivity index (χ0n) is 16.4. The summed E-state index contributed by atoms with van der Waals surface area (Å²) in [6.45, 7) is 5.59. The van der Waals surface area contributed by atoms with E-state index in [4.69, 9.17) is 0 Å². The summed E-state index contributed by atoms with van der Waals surface area (Å²) in [6, 6.07) is 13.9. The molecule has 5 rings (SSSR count). The monoisotopic (exact) mass is 437 g/mol. The van der Waals surface area contributed by atoms with Gasteiger partial charge in [0.25, 0.3) is 0 Å². The normalized spacial score (nSPS) is 15.5. The first kappa shape index (κ1) is 19.1. The molecule has 1 atom stereocenters. The van der Waals surface area contributed by atoms with Gasteiger partial charge in [-0.3, -0.25) is 9.79 Å². The second kappa shape index (κ2) is 7.77. The van der Waals surface area contributed by atoms with Gasteiger partial charge in [-0.1, -0.05) is 29.5 Å². The van der Waals surface area contributed by atoms with E-state index in [1.54, 1.807) is 16.4 Å². The molecule has 10 heteroatoms. The summed E-state index contributed by atoms with van der Waals surface area (Å²) < 4.78 is 1.65. The van der Waals surface area contributed by atoms with Gasteiger partial charge in [0.15, 0.2) is 5.17 Å². The molecule has 2 aliphatic heterocycles. The van der Waals surface area contributed by atoms with Crippen molar-refractivity contribution in [2.75, 3.05) is 23.3 Å². The Morgan fingerprint density at radius 3 is 2.90 bits per heavy atom. The second-order valence-corrected chi connectivity index (χ2v) is 9.38. The minimum absolute atomic E-state index is 0.0978. The van der Waals surface area contributed by atoms with Gasteiger partial charge >= 0.3 is 0 Å². The van der Waals surface area contributed by atoms with Crippen LogP contribution in [0.5, 0.6) is 0 Å². The molecule has 8 nitrogen and oxygen atoms in total. The number of rotatable bonds is 5. The van der Waals surface area contributed by atoms with Gasteiger partial charge in [-0.05, 0) is 66.4 Å².